The van der Waals surface area contributed by atoms with E-state index >= 15 is 0 Å². The molecule has 0 amide bonds. The Morgan fingerprint density at radius 2 is 1.72 bits per heavy atom. The fourth-order valence-electron chi connectivity index (χ4n) is 2.63. The normalized spacial score (nSPS) is 10.8. The van der Waals surface area contributed by atoms with Gasteiger partial charge in [0.05, 0.1) is 12.8 Å². The van der Waals surface area contributed by atoms with Gasteiger partial charge in [0.1, 0.15) is 5.75 Å². The summed E-state index contributed by atoms with van der Waals surface area (Å²) >= 11 is 0. The van der Waals surface area contributed by atoms with Crippen LogP contribution in [0.3, 0.4) is 0 Å². The zero-order valence-corrected chi connectivity index (χ0v) is 13.7. The third kappa shape index (κ3) is 2.97. The van der Waals surface area contributed by atoms with E-state index in [1.54, 1.807) is 7.11 Å². The van der Waals surface area contributed by atoms with Crippen LogP contribution in [0.4, 0.5) is 17.3 Å². The summed E-state index contributed by atoms with van der Waals surface area (Å²) in [6.07, 6.45) is 0. The van der Waals surface area contributed by atoms with Crippen LogP contribution in [0, 0.1) is 0 Å². The van der Waals surface area contributed by atoms with Crippen molar-refractivity contribution in [2.75, 3.05) is 18.2 Å². The van der Waals surface area contributed by atoms with Gasteiger partial charge in [-0.3, -0.25) is 0 Å². The molecule has 0 unspecified atom stereocenters. The molecule has 0 fully saturated rings. The highest BCUT2D eigenvalue weighted by molar-refractivity contribution is 5.65. The van der Waals surface area contributed by atoms with Crippen molar-refractivity contribution in [3.05, 3.63) is 66.7 Å². The lowest BCUT2D eigenvalue weighted by atomic mass is 10.1. The van der Waals surface area contributed by atoms with Crippen LogP contribution in [0.5, 0.6) is 5.75 Å². The number of hydrogen-bond donors (Lipinski definition) is 2. The molecule has 0 saturated heterocycles. The number of aromatic nitrogens is 3. The Morgan fingerprint density at radius 1 is 0.960 bits per heavy atom. The second-order valence-electron chi connectivity index (χ2n) is 5.59. The molecule has 0 aliphatic heterocycles. The first kappa shape index (κ1) is 15.0. The van der Waals surface area contributed by atoms with Gasteiger partial charge < -0.3 is 15.8 Å². The molecule has 25 heavy (non-hydrogen) atoms. The number of nitrogens with two attached hydrogens (primary N) is 1. The molecule has 2 heterocycles. The standard InChI is InChI=1S/C19H17N5O/c1-25-16-11-5-13(6-12-16)17-3-2-4-18-22-19(23-24(17)18)21-15-9-7-14(20)8-10-15/h2-12H,20H2,1H3,(H,21,23). The number of pyridine rings is 1. The Labute approximate surface area is 144 Å². The van der Waals surface area contributed by atoms with Gasteiger partial charge in [-0.05, 0) is 60.7 Å². The summed E-state index contributed by atoms with van der Waals surface area (Å²) in [7, 11) is 1.66. The zero-order chi connectivity index (χ0) is 17.2. The molecule has 0 aliphatic carbocycles. The molecule has 0 aliphatic rings. The second-order valence-corrected chi connectivity index (χ2v) is 5.59. The number of ether oxygens (including phenoxy) is 1. The van der Waals surface area contributed by atoms with Gasteiger partial charge in [-0.1, -0.05) is 6.07 Å². The summed E-state index contributed by atoms with van der Waals surface area (Å²) < 4.78 is 7.04. The first-order chi connectivity index (χ1) is 12.2. The van der Waals surface area contributed by atoms with Crippen LogP contribution in [0.2, 0.25) is 0 Å². The number of anilines is 3. The Bertz CT molecular complexity index is 1010. The van der Waals surface area contributed by atoms with Crippen molar-refractivity contribution in [3.8, 4) is 17.0 Å². The number of nitrogens with one attached hydrogen (secondary N) is 1. The van der Waals surface area contributed by atoms with Crippen LogP contribution in [0.15, 0.2) is 66.7 Å². The molecule has 0 spiro atoms. The SMILES string of the molecule is COc1ccc(-c2cccc3nc(Nc4ccc(N)cc4)nn23)cc1. The number of hydrogen-bond acceptors (Lipinski definition) is 5. The number of methoxy groups -OCH3 is 1. The Balaban J connectivity index is 1.71. The quantitative estimate of drug-likeness (QED) is 0.557. The zero-order valence-electron chi connectivity index (χ0n) is 13.7. The molecule has 0 radical (unpaired) electrons. The maximum absolute atomic E-state index is 5.71. The molecule has 6 nitrogen and oxygen atoms in total. The number of nitrogens with zero attached hydrogens (tertiary/aromatic N) is 3. The van der Waals surface area contributed by atoms with Crippen LogP contribution in [0.1, 0.15) is 0 Å². The van der Waals surface area contributed by atoms with Crippen molar-refractivity contribution in [1.29, 1.82) is 0 Å². The predicted molar refractivity (Wildman–Crippen MR) is 99.1 cm³/mol. The summed E-state index contributed by atoms with van der Waals surface area (Å²) in [6.45, 7) is 0. The Kier molecular flexibility index (Phi) is 3.70. The van der Waals surface area contributed by atoms with Gasteiger partial charge in [-0.15, -0.1) is 5.10 Å². The summed E-state index contributed by atoms with van der Waals surface area (Å²) in [5.74, 6) is 1.35. The van der Waals surface area contributed by atoms with E-state index in [1.165, 1.54) is 0 Å². The van der Waals surface area contributed by atoms with Crippen LogP contribution in [-0.2, 0) is 0 Å². The largest absolute Gasteiger partial charge is 0.497 e. The van der Waals surface area contributed by atoms with Crippen LogP contribution < -0.4 is 15.8 Å². The first-order valence-corrected chi connectivity index (χ1v) is 7.86. The molecule has 4 rings (SSSR count). The highest BCUT2D eigenvalue weighted by atomic mass is 16.5. The van der Waals surface area contributed by atoms with Crippen LogP contribution in [0.25, 0.3) is 16.9 Å². The van der Waals surface area contributed by atoms with Gasteiger partial charge >= 0.3 is 0 Å². The third-order valence-corrected chi connectivity index (χ3v) is 3.91. The molecule has 2 aromatic heterocycles. The lowest BCUT2D eigenvalue weighted by Crippen LogP contribution is -1.96. The smallest absolute Gasteiger partial charge is 0.247 e. The molecule has 0 saturated carbocycles. The fraction of sp³-hybridized carbons (Fsp3) is 0.0526. The van der Waals surface area contributed by atoms with Crippen LogP contribution >= 0.6 is 0 Å². The maximum Gasteiger partial charge on any atom is 0.247 e. The van der Waals surface area contributed by atoms with Gasteiger partial charge in [0.25, 0.3) is 0 Å². The van der Waals surface area contributed by atoms with E-state index in [9.17, 15) is 0 Å². The summed E-state index contributed by atoms with van der Waals surface area (Å²) in [6, 6.07) is 21.2. The van der Waals surface area contributed by atoms with E-state index in [4.69, 9.17) is 10.5 Å². The van der Waals surface area contributed by atoms with E-state index in [0.717, 1.165) is 34.0 Å². The lowest BCUT2D eigenvalue weighted by molar-refractivity contribution is 0.415. The fourth-order valence-corrected chi connectivity index (χ4v) is 2.63. The van der Waals surface area contributed by atoms with Gasteiger partial charge in [-0.2, -0.15) is 4.98 Å². The average Bonchev–Trinajstić information content (AvgIpc) is 3.06. The minimum Gasteiger partial charge on any atom is -0.497 e. The van der Waals surface area contributed by atoms with Gasteiger partial charge in [0.2, 0.25) is 5.95 Å². The number of nitrogen functional groups attached to an aromatic ring is 1. The van der Waals surface area contributed by atoms with E-state index in [1.807, 2.05) is 71.2 Å². The van der Waals surface area contributed by atoms with Crippen molar-refractivity contribution in [2.45, 2.75) is 0 Å². The summed E-state index contributed by atoms with van der Waals surface area (Å²) in [4.78, 5) is 4.54. The number of benzene rings is 2. The molecule has 124 valence electrons. The van der Waals surface area contributed by atoms with Crippen molar-refractivity contribution >= 4 is 23.0 Å². The van der Waals surface area contributed by atoms with E-state index in [0.29, 0.717) is 5.95 Å². The van der Waals surface area contributed by atoms with Gasteiger partial charge in [0, 0.05) is 16.9 Å². The van der Waals surface area contributed by atoms with E-state index in [-0.39, 0.29) is 0 Å². The maximum atomic E-state index is 5.71. The van der Waals surface area contributed by atoms with Gasteiger partial charge in [0.15, 0.2) is 5.65 Å². The van der Waals surface area contributed by atoms with Crippen molar-refractivity contribution in [3.63, 3.8) is 0 Å². The molecule has 2 aromatic carbocycles. The van der Waals surface area contributed by atoms with Crippen molar-refractivity contribution in [1.82, 2.24) is 14.6 Å². The molecular formula is C19H17N5O. The van der Waals surface area contributed by atoms with Gasteiger partial charge in [-0.25, -0.2) is 4.52 Å². The molecule has 6 heteroatoms. The minimum atomic E-state index is 0.533. The second kappa shape index (κ2) is 6.16. The Morgan fingerprint density at radius 3 is 2.44 bits per heavy atom. The topological polar surface area (TPSA) is 77.5 Å². The summed E-state index contributed by atoms with van der Waals surface area (Å²) in [5.41, 5.74) is 10.1. The van der Waals surface area contributed by atoms with Crippen LogP contribution in [-0.4, -0.2) is 21.7 Å². The molecule has 3 N–H and O–H groups in total. The highest BCUT2D eigenvalue weighted by Gasteiger charge is 2.09. The third-order valence-electron chi connectivity index (χ3n) is 3.91. The Hall–Kier alpha value is -3.54. The van der Waals surface area contributed by atoms with E-state index in [2.05, 4.69) is 15.4 Å². The summed E-state index contributed by atoms with van der Waals surface area (Å²) in [5, 5.41) is 7.78. The monoisotopic (exact) mass is 331 g/mol. The molecular weight excluding hydrogens is 314 g/mol. The lowest BCUT2D eigenvalue weighted by Gasteiger charge is -2.05. The highest BCUT2D eigenvalue weighted by Crippen LogP contribution is 2.24. The number of rotatable bonds is 4. The van der Waals surface area contributed by atoms with E-state index < -0.39 is 0 Å². The predicted octanol–water partition coefficient (Wildman–Crippen LogP) is 3.73. The minimum absolute atomic E-state index is 0.533. The number of fused-ring (bicyclic) bond motifs is 1. The molecule has 0 atom stereocenters. The van der Waals surface area contributed by atoms with Crippen molar-refractivity contribution < 1.29 is 4.74 Å². The average molecular weight is 331 g/mol. The van der Waals surface area contributed by atoms with Crippen molar-refractivity contribution in [2.24, 2.45) is 0 Å². The molecule has 0 bridgehead atoms. The first-order valence-electron chi connectivity index (χ1n) is 7.86. The molecule has 4 aromatic rings.